The molecule has 0 fully saturated rings. The Hall–Kier alpha value is -2.09. The SMILES string of the molecule is CC(CO)NC(=O)c1cc(F)c([N+](=O)[O-])cc1F. The molecule has 8 heteroatoms. The summed E-state index contributed by atoms with van der Waals surface area (Å²) in [5, 5.41) is 21.2. The minimum Gasteiger partial charge on any atom is -0.394 e. The number of nitro groups is 1. The fourth-order valence-electron chi connectivity index (χ4n) is 1.20. The highest BCUT2D eigenvalue weighted by atomic mass is 19.1. The number of nitrogens with one attached hydrogen (secondary N) is 1. The van der Waals surface area contributed by atoms with Gasteiger partial charge in [0.15, 0.2) is 0 Å². The fourth-order valence-corrected chi connectivity index (χ4v) is 1.20. The number of nitrogens with zero attached hydrogens (tertiary/aromatic N) is 1. The lowest BCUT2D eigenvalue weighted by Gasteiger charge is -2.11. The normalized spacial score (nSPS) is 12.0. The van der Waals surface area contributed by atoms with Crippen LogP contribution in [0.5, 0.6) is 0 Å². The van der Waals surface area contributed by atoms with Gasteiger partial charge in [0.25, 0.3) is 5.91 Å². The lowest BCUT2D eigenvalue weighted by Crippen LogP contribution is -2.35. The van der Waals surface area contributed by atoms with Crippen LogP contribution in [0.25, 0.3) is 0 Å². The van der Waals surface area contributed by atoms with E-state index in [1.165, 1.54) is 6.92 Å². The maximum atomic E-state index is 13.4. The molecular weight excluding hydrogens is 250 g/mol. The quantitative estimate of drug-likeness (QED) is 0.623. The standard InChI is InChI=1S/C10H10F2N2O4/c1-5(4-15)13-10(16)6-2-8(12)9(14(17)18)3-7(6)11/h2-3,5,15H,4H2,1H3,(H,13,16). The molecule has 0 heterocycles. The lowest BCUT2D eigenvalue weighted by atomic mass is 10.1. The van der Waals surface area contributed by atoms with E-state index in [0.717, 1.165) is 0 Å². The van der Waals surface area contributed by atoms with Crippen LogP contribution in [-0.4, -0.2) is 28.6 Å². The zero-order chi connectivity index (χ0) is 13.9. The van der Waals surface area contributed by atoms with E-state index < -0.39 is 39.8 Å². The zero-order valence-corrected chi connectivity index (χ0v) is 9.31. The summed E-state index contributed by atoms with van der Waals surface area (Å²) >= 11 is 0. The number of carbonyl (C=O) groups is 1. The molecule has 0 aliphatic carbocycles. The number of benzene rings is 1. The first-order valence-corrected chi connectivity index (χ1v) is 4.92. The van der Waals surface area contributed by atoms with E-state index in [4.69, 9.17) is 5.11 Å². The summed E-state index contributed by atoms with van der Waals surface area (Å²) in [6.07, 6.45) is 0. The van der Waals surface area contributed by atoms with Gasteiger partial charge in [-0.15, -0.1) is 0 Å². The van der Waals surface area contributed by atoms with Crippen molar-refractivity contribution in [2.75, 3.05) is 6.61 Å². The summed E-state index contributed by atoms with van der Waals surface area (Å²) in [6, 6.07) is 0.149. The summed E-state index contributed by atoms with van der Waals surface area (Å²) < 4.78 is 26.6. The van der Waals surface area contributed by atoms with Crippen molar-refractivity contribution >= 4 is 11.6 Å². The molecule has 1 rings (SSSR count). The predicted octanol–water partition coefficient (Wildman–Crippen LogP) is 0.984. The van der Waals surface area contributed by atoms with Crippen LogP contribution in [0.1, 0.15) is 17.3 Å². The second-order valence-corrected chi connectivity index (χ2v) is 3.60. The molecule has 6 nitrogen and oxygen atoms in total. The molecule has 0 aliphatic rings. The molecule has 0 spiro atoms. The number of carbonyl (C=O) groups excluding carboxylic acids is 1. The van der Waals surface area contributed by atoms with Gasteiger partial charge in [-0.3, -0.25) is 14.9 Å². The van der Waals surface area contributed by atoms with Crippen molar-refractivity contribution in [3.05, 3.63) is 39.4 Å². The van der Waals surface area contributed by atoms with Crippen LogP contribution >= 0.6 is 0 Å². The van der Waals surface area contributed by atoms with Crippen LogP contribution in [0.2, 0.25) is 0 Å². The first kappa shape index (κ1) is 14.0. The van der Waals surface area contributed by atoms with Gasteiger partial charge in [0.2, 0.25) is 5.82 Å². The van der Waals surface area contributed by atoms with E-state index in [2.05, 4.69) is 5.32 Å². The number of aliphatic hydroxyl groups is 1. The molecule has 0 saturated heterocycles. The maximum absolute atomic E-state index is 13.4. The Morgan fingerprint density at radius 2 is 2.11 bits per heavy atom. The molecule has 1 unspecified atom stereocenters. The van der Waals surface area contributed by atoms with Gasteiger partial charge in [0, 0.05) is 6.04 Å². The number of nitro benzene ring substituents is 1. The van der Waals surface area contributed by atoms with Crippen molar-refractivity contribution in [3.8, 4) is 0 Å². The average molecular weight is 260 g/mol. The van der Waals surface area contributed by atoms with Gasteiger partial charge in [0.1, 0.15) is 5.82 Å². The molecule has 0 radical (unpaired) electrons. The summed E-state index contributed by atoms with van der Waals surface area (Å²) in [5.74, 6) is -3.46. The molecular formula is C10H10F2N2O4. The van der Waals surface area contributed by atoms with Crippen molar-refractivity contribution in [2.45, 2.75) is 13.0 Å². The number of hydrogen-bond acceptors (Lipinski definition) is 4. The molecule has 18 heavy (non-hydrogen) atoms. The summed E-state index contributed by atoms with van der Waals surface area (Å²) in [4.78, 5) is 20.7. The molecule has 1 aromatic rings. The van der Waals surface area contributed by atoms with Crippen molar-refractivity contribution in [1.29, 1.82) is 0 Å². The minimum absolute atomic E-state index is 0.341. The largest absolute Gasteiger partial charge is 0.394 e. The second kappa shape index (κ2) is 5.50. The number of hydrogen-bond donors (Lipinski definition) is 2. The topological polar surface area (TPSA) is 92.5 Å². The molecule has 1 aromatic carbocycles. The molecule has 98 valence electrons. The highest BCUT2D eigenvalue weighted by Crippen LogP contribution is 2.21. The van der Waals surface area contributed by atoms with E-state index in [0.29, 0.717) is 12.1 Å². The number of rotatable bonds is 4. The third-order valence-corrected chi connectivity index (χ3v) is 2.13. The third kappa shape index (κ3) is 2.98. The number of halogens is 2. The Kier molecular flexibility index (Phi) is 4.27. The first-order valence-electron chi connectivity index (χ1n) is 4.92. The van der Waals surface area contributed by atoms with Gasteiger partial charge in [-0.05, 0) is 13.0 Å². The van der Waals surface area contributed by atoms with E-state index >= 15 is 0 Å². The number of amides is 1. The van der Waals surface area contributed by atoms with Gasteiger partial charge in [-0.25, -0.2) is 4.39 Å². The molecule has 0 bridgehead atoms. The number of aliphatic hydroxyl groups excluding tert-OH is 1. The van der Waals surface area contributed by atoms with Crippen molar-refractivity contribution < 1.29 is 23.6 Å². The third-order valence-electron chi connectivity index (χ3n) is 2.13. The first-order chi connectivity index (χ1) is 8.36. The van der Waals surface area contributed by atoms with Gasteiger partial charge in [-0.1, -0.05) is 0 Å². The van der Waals surface area contributed by atoms with Crippen molar-refractivity contribution in [2.24, 2.45) is 0 Å². The molecule has 0 aromatic heterocycles. The second-order valence-electron chi connectivity index (χ2n) is 3.60. The summed E-state index contributed by atoms with van der Waals surface area (Å²) in [6.45, 7) is 1.08. The van der Waals surface area contributed by atoms with Crippen molar-refractivity contribution in [3.63, 3.8) is 0 Å². The Labute approximate surface area is 100 Å². The van der Waals surface area contributed by atoms with E-state index in [1.807, 2.05) is 0 Å². The molecule has 0 saturated carbocycles. The Balaban J connectivity index is 3.08. The van der Waals surface area contributed by atoms with Crippen LogP contribution in [0.4, 0.5) is 14.5 Å². The zero-order valence-electron chi connectivity index (χ0n) is 9.31. The van der Waals surface area contributed by atoms with Gasteiger partial charge in [-0.2, -0.15) is 4.39 Å². The smallest absolute Gasteiger partial charge is 0.307 e. The Bertz CT molecular complexity index is 493. The molecule has 1 atom stereocenters. The van der Waals surface area contributed by atoms with Crippen LogP contribution in [0.15, 0.2) is 12.1 Å². The average Bonchev–Trinajstić information content (AvgIpc) is 2.30. The van der Waals surface area contributed by atoms with Gasteiger partial charge in [0.05, 0.1) is 23.2 Å². The lowest BCUT2D eigenvalue weighted by molar-refractivity contribution is -0.387. The fraction of sp³-hybridized carbons (Fsp3) is 0.300. The highest BCUT2D eigenvalue weighted by Gasteiger charge is 2.22. The summed E-state index contributed by atoms with van der Waals surface area (Å²) in [7, 11) is 0. The van der Waals surface area contributed by atoms with Crippen LogP contribution in [0, 0.1) is 21.7 Å². The maximum Gasteiger partial charge on any atom is 0.307 e. The predicted molar refractivity (Wildman–Crippen MR) is 57.0 cm³/mol. The highest BCUT2D eigenvalue weighted by molar-refractivity contribution is 5.94. The van der Waals surface area contributed by atoms with E-state index in [1.54, 1.807) is 0 Å². The van der Waals surface area contributed by atoms with E-state index in [-0.39, 0.29) is 6.61 Å². The Morgan fingerprint density at radius 1 is 1.50 bits per heavy atom. The van der Waals surface area contributed by atoms with E-state index in [9.17, 15) is 23.7 Å². The molecule has 2 N–H and O–H groups in total. The van der Waals surface area contributed by atoms with Crippen LogP contribution in [0.3, 0.4) is 0 Å². The van der Waals surface area contributed by atoms with Crippen molar-refractivity contribution in [1.82, 2.24) is 5.32 Å². The Morgan fingerprint density at radius 3 is 2.61 bits per heavy atom. The van der Waals surface area contributed by atoms with Crippen LogP contribution < -0.4 is 5.32 Å². The molecule has 1 amide bonds. The van der Waals surface area contributed by atoms with Gasteiger partial charge < -0.3 is 10.4 Å². The van der Waals surface area contributed by atoms with Gasteiger partial charge >= 0.3 is 5.69 Å². The minimum atomic E-state index is -1.30. The molecule has 0 aliphatic heterocycles. The monoisotopic (exact) mass is 260 g/mol. The summed E-state index contributed by atoms with van der Waals surface area (Å²) in [5.41, 5.74) is -1.70. The van der Waals surface area contributed by atoms with Crippen LogP contribution in [-0.2, 0) is 0 Å².